The summed E-state index contributed by atoms with van der Waals surface area (Å²) in [7, 11) is 0. The van der Waals surface area contributed by atoms with E-state index in [0.717, 1.165) is 0 Å². The SMILES string of the molecule is CC1(OCC(=O)O)CN(C(=O)NC2CCC(=O)NC2)C1. The summed E-state index contributed by atoms with van der Waals surface area (Å²) < 4.78 is 5.23. The molecular weight excluding hydrogens is 266 g/mol. The maximum atomic E-state index is 11.9. The van der Waals surface area contributed by atoms with Crippen molar-refractivity contribution in [2.75, 3.05) is 26.2 Å². The van der Waals surface area contributed by atoms with Gasteiger partial charge in [-0.3, -0.25) is 4.79 Å². The molecule has 112 valence electrons. The van der Waals surface area contributed by atoms with Gasteiger partial charge in [0, 0.05) is 19.0 Å². The monoisotopic (exact) mass is 285 g/mol. The molecule has 2 aliphatic rings. The lowest BCUT2D eigenvalue weighted by Gasteiger charge is -2.47. The van der Waals surface area contributed by atoms with Crippen LogP contribution in [0.3, 0.4) is 0 Å². The fourth-order valence-electron chi connectivity index (χ4n) is 2.35. The summed E-state index contributed by atoms with van der Waals surface area (Å²) in [6.07, 6.45) is 1.06. The van der Waals surface area contributed by atoms with E-state index in [0.29, 0.717) is 32.5 Å². The predicted molar refractivity (Wildman–Crippen MR) is 68.1 cm³/mol. The second kappa shape index (κ2) is 5.66. The number of carboxylic acids is 1. The topological polar surface area (TPSA) is 108 Å². The molecule has 0 saturated carbocycles. The van der Waals surface area contributed by atoms with Crippen molar-refractivity contribution in [2.45, 2.75) is 31.4 Å². The lowest BCUT2D eigenvalue weighted by molar-refractivity contribution is -0.159. The number of carbonyl (C=O) groups is 3. The minimum Gasteiger partial charge on any atom is -0.480 e. The molecule has 0 aliphatic carbocycles. The number of aliphatic carboxylic acids is 1. The number of piperidine rings is 1. The van der Waals surface area contributed by atoms with E-state index in [1.54, 1.807) is 11.8 Å². The van der Waals surface area contributed by atoms with Crippen LogP contribution < -0.4 is 10.6 Å². The van der Waals surface area contributed by atoms with E-state index < -0.39 is 11.6 Å². The van der Waals surface area contributed by atoms with E-state index in [9.17, 15) is 14.4 Å². The third-order valence-corrected chi connectivity index (χ3v) is 3.48. The van der Waals surface area contributed by atoms with Crippen molar-refractivity contribution < 1.29 is 24.2 Å². The molecule has 0 aromatic heterocycles. The molecule has 2 aliphatic heterocycles. The van der Waals surface area contributed by atoms with Gasteiger partial charge >= 0.3 is 12.0 Å². The Morgan fingerprint density at radius 3 is 2.80 bits per heavy atom. The van der Waals surface area contributed by atoms with Crippen LogP contribution in [-0.4, -0.2) is 65.8 Å². The molecule has 8 heteroatoms. The summed E-state index contributed by atoms with van der Waals surface area (Å²) in [5.74, 6) is -1.01. The lowest BCUT2D eigenvalue weighted by Crippen LogP contribution is -2.66. The molecule has 20 heavy (non-hydrogen) atoms. The Hall–Kier alpha value is -1.83. The number of likely N-dealkylation sites (tertiary alicyclic amines) is 1. The minimum atomic E-state index is -1.02. The smallest absolute Gasteiger partial charge is 0.329 e. The standard InChI is InChI=1S/C12H19N3O5/c1-12(20-5-10(17)18)6-15(7-12)11(19)14-8-2-3-9(16)13-4-8/h8H,2-7H2,1H3,(H,13,16)(H,14,19)(H,17,18). The average Bonchev–Trinajstić information content (AvgIpc) is 2.35. The second-order valence-corrected chi connectivity index (χ2v) is 5.48. The number of amides is 3. The molecule has 2 saturated heterocycles. The molecule has 3 N–H and O–H groups in total. The van der Waals surface area contributed by atoms with Crippen LogP contribution >= 0.6 is 0 Å². The van der Waals surface area contributed by atoms with E-state index in [1.165, 1.54) is 0 Å². The lowest BCUT2D eigenvalue weighted by atomic mass is 9.97. The highest BCUT2D eigenvalue weighted by molar-refractivity contribution is 5.78. The van der Waals surface area contributed by atoms with Crippen LogP contribution in [-0.2, 0) is 14.3 Å². The van der Waals surface area contributed by atoms with Gasteiger partial charge in [-0.05, 0) is 13.3 Å². The van der Waals surface area contributed by atoms with Gasteiger partial charge in [0.25, 0.3) is 0 Å². The minimum absolute atomic E-state index is 0.00842. The summed E-state index contributed by atoms with van der Waals surface area (Å²) in [5, 5.41) is 14.1. The first-order valence-electron chi connectivity index (χ1n) is 6.56. The molecule has 1 atom stereocenters. The quantitative estimate of drug-likeness (QED) is 0.623. The zero-order valence-electron chi connectivity index (χ0n) is 11.3. The maximum absolute atomic E-state index is 11.9. The first-order chi connectivity index (χ1) is 9.38. The van der Waals surface area contributed by atoms with Crippen LogP contribution in [0.4, 0.5) is 4.79 Å². The van der Waals surface area contributed by atoms with Crippen LogP contribution in [0.5, 0.6) is 0 Å². The van der Waals surface area contributed by atoms with Gasteiger partial charge < -0.3 is 25.4 Å². The van der Waals surface area contributed by atoms with Crippen molar-refractivity contribution in [1.82, 2.24) is 15.5 Å². The number of urea groups is 1. The van der Waals surface area contributed by atoms with Crippen molar-refractivity contribution in [3.05, 3.63) is 0 Å². The van der Waals surface area contributed by atoms with Crippen LogP contribution in [0, 0.1) is 0 Å². The number of nitrogens with zero attached hydrogens (tertiary/aromatic N) is 1. The van der Waals surface area contributed by atoms with Gasteiger partial charge in [-0.25, -0.2) is 9.59 Å². The molecule has 0 aromatic rings. The third kappa shape index (κ3) is 3.60. The highest BCUT2D eigenvalue weighted by Gasteiger charge is 2.43. The first kappa shape index (κ1) is 14.6. The molecule has 2 heterocycles. The summed E-state index contributed by atoms with van der Waals surface area (Å²) in [5.41, 5.74) is -0.587. The molecule has 0 bridgehead atoms. The van der Waals surface area contributed by atoms with Gasteiger partial charge in [-0.2, -0.15) is 0 Å². The van der Waals surface area contributed by atoms with Crippen molar-refractivity contribution in [2.24, 2.45) is 0 Å². The summed E-state index contributed by atoms with van der Waals surface area (Å²) in [6, 6.07) is -0.255. The molecule has 0 spiro atoms. The fraction of sp³-hybridized carbons (Fsp3) is 0.750. The van der Waals surface area contributed by atoms with Crippen molar-refractivity contribution in [1.29, 1.82) is 0 Å². The highest BCUT2D eigenvalue weighted by atomic mass is 16.5. The Morgan fingerprint density at radius 1 is 1.55 bits per heavy atom. The summed E-state index contributed by atoms with van der Waals surface area (Å²) >= 11 is 0. The molecule has 0 radical (unpaired) electrons. The number of hydrogen-bond donors (Lipinski definition) is 3. The van der Waals surface area contributed by atoms with Crippen LogP contribution in [0.1, 0.15) is 19.8 Å². The zero-order valence-corrected chi connectivity index (χ0v) is 11.3. The van der Waals surface area contributed by atoms with E-state index in [-0.39, 0.29) is 24.6 Å². The van der Waals surface area contributed by atoms with E-state index in [4.69, 9.17) is 9.84 Å². The van der Waals surface area contributed by atoms with E-state index >= 15 is 0 Å². The van der Waals surface area contributed by atoms with Gasteiger partial charge in [0.05, 0.1) is 13.1 Å². The van der Waals surface area contributed by atoms with Crippen LogP contribution in [0.2, 0.25) is 0 Å². The molecule has 8 nitrogen and oxygen atoms in total. The van der Waals surface area contributed by atoms with Gasteiger partial charge in [-0.1, -0.05) is 0 Å². The number of nitrogens with one attached hydrogen (secondary N) is 2. The highest BCUT2D eigenvalue weighted by Crippen LogP contribution is 2.24. The Morgan fingerprint density at radius 2 is 2.25 bits per heavy atom. The number of carbonyl (C=O) groups excluding carboxylic acids is 2. The molecule has 1 unspecified atom stereocenters. The number of carboxylic acid groups (broad SMARTS) is 1. The molecule has 2 fully saturated rings. The van der Waals surface area contributed by atoms with Crippen LogP contribution in [0.25, 0.3) is 0 Å². The summed E-state index contributed by atoms with van der Waals surface area (Å²) in [6.45, 7) is 2.60. The number of ether oxygens (including phenoxy) is 1. The fourth-order valence-corrected chi connectivity index (χ4v) is 2.35. The van der Waals surface area contributed by atoms with E-state index in [2.05, 4.69) is 10.6 Å². The van der Waals surface area contributed by atoms with Crippen molar-refractivity contribution >= 4 is 17.9 Å². The van der Waals surface area contributed by atoms with Gasteiger partial charge in [0.2, 0.25) is 5.91 Å². The molecular formula is C12H19N3O5. The zero-order chi connectivity index (χ0) is 14.8. The number of hydrogen-bond acceptors (Lipinski definition) is 4. The van der Waals surface area contributed by atoms with Gasteiger partial charge in [0.15, 0.2) is 0 Å². The Balaban J connectivity index is 1.70. The largest absolute Gasteiger partial charge is 0.480 e. The Labute approximate surface area is 116 Å². The van der Waals surface area contributed by atoms with E-state index in [1.807, 2.05) is 0 Å². The summed E-state index contributed by atoms with van der Waals surface area (Å²) in [4.78, 5) is 34.9. The predicted octanol–water partition coefficient (Wildman–Crippen LogP) is -0.850. The Kier molecular flexibility index (Phi) is 4.12. The van der Waals surface area contributed by atoms with Crippen molar-refractivity contribution in [3.63, 3.8) is 0 Å². The molecule has 3 amide bonds. The normalized spacial score (nSPS) is 24.6. The average molecular weight is 285 g/mol. The second-order valence-electron chi connectivity index (χ2n) is 5.48. The molecule has 0 aromatic carbocycles. The van der Waals surface area contributed by atoms with Gasteiger partial charge in [-0.15, -0.1) is 0 Å². The maximum Gasteiger partial charge on any atom is 0.329 e. The first-order valence-corrected chi connectivity index (χ1v) is 6.56. The van der Waals surface area contributed by atoms with Gasteiger partial charge in [0.1, 0.15) is 12.2 Å². The van der Waals surface area contributed by atoms with Crippen LogP contribution in [0.15, 0.2) is 0 Å². The Bertz CT molecular complexity index is 409. The third-order valence-electron chi connectivity index (χ3n) is 3.48. The molecule has 2 rings (SSSR count). The van der Waals surface area contributed by atoms with Crippen molar-refractivity contribution in [3.8, 4) is 0 Å². The number of rotatable bonds is 4.